The predicted molar refractivity (Wildman–Crippen MR) is 125 cm³/mol. The average Bonchev–Trinajstić information content (AvgIpc) is 2.82. The van der Waals surface area contributed by atoms with Gasteiger partial charge in [0.1, 0.15) is 24.0 Å². The molecule has 0 unspecified atom stereocenters. The van der Waals surface area contributed by atoms with E-state index in [1.807, 2.05) is 42.5 Å². The maximum Gasteiger partial charge on any atom is 0.337 e. The maximum atomic E-state index is 12.7. The van der Waals surface area contributed by atoms with Crippen LogP contribution in [-0.2, 0) is 16.1 Å². The minimum atomic E-state index is -0.577. The van der Waals surface area contributed by atoms with Crippen molar-refractivity contribution < 1.29 is 19.1 Å². The molecule has 0 spiro atoms. The molecule has 0 atom stereocenters. The fourth-order valence-corrected chi connectivity index (χ4v) is 3.19. The second-order valence-electron chi connectivity index (χ2n) is 6.65. The number of carbonyl (C=O) groups is 2. The van der Waals surface area contributed by atoms with Gasteiger partial charge in [0.05, 0.1) is 12.7 Å². The molecule has 0 fully saturated rings. The second kappa shape index (κ2) is 10.9. The van der Waals surface area contributed by atoms with Crippen LogP contribution in [0.3, 0.4) is 0 Å². The number of nitrogens with one attached hydrogen (secondary N) is 1. The molecule has 1 amide bonds. The van der Waals surface area contributed by atoms with E-state index in [0.717, 1.165) is 10.0 Å². The summed E-state index contributed by atoms with van der Waals surface area (Å²) in [7, 11) is 1.29. The number of ether oxygens (including phenoxy) is 2. The summed E-state index contributed by atoms with van der Waals surface area (Å²) in [6.07, 6.45) is 1.48. The lowest BCUT2D eigenvalue weighted by atomic mass is 10.1. The van der Waals surface area contributed by atoms with E-state index in [-0.39, 0.29) is 5.57 Å². The summed E-state index contributed by atoms with van der Waals surface area (Å²) in [5, 5.41) is 12.2. The summed E-state index contributed by atoms with van der Waals surface area (Å²) < 4.78 is 11.4. The van der Waals surface area contributed by atoms with E-state index in [0.29, 0.717) is 29.2 Å². The van der Waals surface area contributed by atoms with Gasteiger partial charge < -0.3 is 14.8 Å². The van der Waals surface area contributed by atoms with E-state index in [1.54, 1.807) is 24.3 Å². The molecule has 3 aromatic carbocycles. The first-order chi connectivity index (χ1) is 15.5. The SMILES string of the molecule is COC(=O)c1ccc(NC(=O)/C(C#N)=C/c2cc(Br)ccc2OCc2ccccc2)cc1. The molecule has 32 heavy (non-hydrogen) atoms. The first-order valence-electron chi connectivity index (χ1n) is 9.58. The van der Waals surface area contributed by atoms with Crippen LogP contribution < -0.4 is 10.1 Å². The number of nitrogens with zero attached hydrogens (tertiary/aromatic N) is 1. The van der Waals surface area contributed by atoms with Crippen LogP contribution in [0.4, 0.5) is 5.69 Å². The molecule has 0 aromatic heterocycles. The van der Waals surface area contributed by atoms with E-state index in [2.05, 4.69) is 26.0 Å². The normalized spacial score (nSPS) is 10.7. The summed E-state index contributed by atoms with van der Waals surface area (Å²) in [6.45, 7) is 0.351. The number of amides is 1. The van der Waals surface area contributed by atoms with Crippen LogP contribution in [0.5, 0.6) is 5.75 Å². The molecule has 160 valence electrons. The van der Waals surface area contributed by atoms with Gasteiger partial charge in [0.25, 0.3) is 5.91 Å². The summed E-state index contributed by atoms with van der Waals surface area (Å²) in [5.41, 5.74) is 2.29. The number of halogens is 1. The molecule has 6 nitrogen and oxygen atoms in total. The molecule has 0 aliphatic heterocycles. The number of hydrogen-bond donors (Lipinski definition) is 1. The van der Waals surface area contributed by atoms with Gasteiger partial charge in [-0.2, -0.15) is 5.26 Å². The van der Waals surface area contributed by atoms with Crippen molar-refractivity contribution in [3.05, 3.63) is 99.5 Å². The van der Waals surface area contributed by atoms with Gasteiger partial charge in [0.2, 0.25) is 0 Å². The minimum Gasteiger partial charge on any atom is -0.488 e. The van der Waals surface area contributed by atoms with E-state index in [9.17, 15) is 14.9 Å². The average molecular weight is 491 g/mol. The minimum absolute atomic E-state index is 0.0929. The molecule has 3 aromatic rings. The molecule has 0 saturated carbocycles. The zero-order chi connectivity index (χ0) is 22.9. The number of rotatable bonds is 7. The van der Waals surface area contributed by atoms with Crippen molar-refractivity contribution in [2.24, 2.45) is 0 Å². The Balaban J connectivity index is 1.79. The molecule has 0 saturated heterocycles. The highest BCUT2D eigenvalue weighted by Gasteiger charge is 2.13. The van der Waals surface area contributed by atoms with Crippen molar-refractivity contribution in [2.75, 3.05) is 12.4 Å². The largest absolute Gasteiger partial charge is 0.488 e. The molecule has 0 heterocycles. The molecular weight excluding hydrogens is 472 g/mol. The number of nitriles is 1. The molecule has 7 heteroatoms. The number of methoxy groups -OCH3 is 1. The van der Waals surface area contributed by atoms with E-state index in [4.69, 9.17) is 4.74 Å². The highest BCUT2D eigenvalue weighted by Crippen LogP contribution is 2.27. The van der Waals surface area contributed by atoms with Crippen LogP contribution in [0.25, 0.3) is 6.08 Å². The van der Waals surface area contributed by atoms with Gasteiger partial charge in [-0.15, -0.1) is 0 Å². The molecule has 3 rings (SSSR count). The van der Waals surface area contributed by atoms with Crippen molar-refractivity contribution in [2.45, 2.75) is 6.61 Å². The van der Waals surface area contributed by atoms with Gasteiger partial charge in [0, 0.05) is 15.7 Å². The van der Waals surface area contributed by atoms with Gasteiger partial charge in [-0.25, -0.2) is 4.79 Å². The summed E-state index contributed by atoms with van der Waals surface area (Å²) in [6, 6.07) is 23.2. The summed E-state index contributed by atoms with van der Waals surface area (Å²) >= 11 is 3.41. The van der Waals surface area contributed by atoms with Gasteiger partial charge in [-0.3, -0.25) is 4.79 Å². The van der Waals surface area contributed by atoms with E-state index < -0.39 is 11.9 Å². The number of benzene rings is 3. The standard InChI is InChI=1S/C25H19BrN2O4/c1-31-25(30)18-7-10-22(11-8-18)28-24(29)20(15-27)13-19-14-21(26)9-12-23(19)32-16-17-5-3-2-4-6-17/h2-14H,16H2,1H3,(H,28,29)/b20-13+. The lowest BCUT2D eigenvalue weighted by molar-refractivity contribution is -0.112. The Morgan fingerprint density at radius 1 is 1.06 bits per heavy atom. The highest BCUT2D eigenvalue weighted by atomic mass is 79.9. The van der Waals surface area contributed by atoms with Crippen LogP contribution in [0, 0.1) is 11.3 Å². The van der Waals surface area contributed by atoms with Crippen molar-refractivity contribution in [3.63, 3.8) is 0 Å². The van der Waals surface area contributed by atoms with Crippen molar-refractivity contribution in [1.82, 2.24) is 0 Å². The summed E-state index contributed by atoms with van der Waals surface area (Å²) in [4.78, 5) is 24.2. The van der Waals surface area contributed by atoms with Crippen LogP contribution in [0.2, 0.25) is 0 Å². The Kier molecular flexibility index (Phi) is 7.79. The van der Waals surface area contributed by atoms with Crippen molar-refractivity contribution in [3.8, 4) is 11.8 Å². The quantitative estimate of drug-likeness (QED) is 0.273. The van der Waals surface area contributed by atoms with Gasteiger partial charge in [-0.1, -0.05) is 46.3 Å². The van der Waals surface area contributed by atoms with Gasteiger partial charge in [-0.05, 0) is 54.1 Å². The third kappa shape index (κ3) is 6.06. The maximum absolute atomic E-state index is 12.7. The number of anilines is 1. The van der Waals surface area contributed by atoms with Crippen molar-refractivity contribution >= 4 is 39.6 Å². The van der Waals surface area contributed by atoms with Crippen LogP contribution in [-0.4, -0.2) is 19.0 Å². The zero-order valence-corrected chi connectivity index (χ0v) is 18.8. The summed E-state index contributed by atoms with van der Waals surface area (Å²) in [5.74, 6) is -0.509. The molecule has 0 aliphatic rings. The number of esters is 1. The Labute approximate surface area is 194 Å². The lowest BCUT2D eigenvalue weighted by Gasteiger charge is -2.11. The fraction of sp³-hybridized carbons (Fsp3) is 0.0800. The molecular formula is C25H19BrN2O4. The van der Waals surface area contributed by atoms with E-state index >= 15 is 0 Å². The third-order valence-corrected chi connectivity index (χ3v) is 4.93. The lowest BCUT2D eigenvalue weighted by Crippen LogP contribution is -2.13. The first kappa shape index (κ1) is 22.8. The predicted octanol–water partition coefficient (Wildman–Crippen LogP) is 5.36. The van der Waals surface area contributed by atoms with Gasteiger partial charge in [0.15, 0.2) is 0 Å². The molecule has 0 radical (unpaired) electrons. The Bertz CT molecular complexity index is 1180. The molecule has 0 bridgehead atoms. The Morgan fingerprint density at radius 2 is 1.78 bits per heavy atom. The smallest absolute Gasteiger partial charge is 0.337 e. The monoisotopic (exact) mass is 490 g/mol. The van der Waals surface area contributed by atoms with Crippen LogP contribution in [0.15, 0.2) is 82.8 Å². The molecule has 1 N–H and O–H groups in total. The van der Waals surface area contributed by atoms with Crippen LogP contribution in [0.1, 0.15) is 21.5 Å². The second-order valence-corrected chi connectivity index (χ2v) is 7.56. The van der Waals surface area contributed by atoms with Gasteiger partial charge >= 0.3 is 5.97 Å². The van der Waals surface area contributed by atoms with Crippen LogP contribution >= 0.6 is 15.9 Å². The number of carbonyl (C=O) groups excluding carboxylic acids is 2. The Hall–Kier alpha value is -3.89. The van der Waals surface area contributed by atoms with E-state index in [1.165, 1.54) is 25.3 Å². The molecule has 0 aliphatic carbocycles. The third-order valence-electron chi connectivity index (χ3n) is 4.44. The Morgan fingerprint density at radius 3 is 2.44 bits per heavy atom. The zero-order valence-electron chi connectivity index (χ0n) is 17.2. The van der Waals surface area contributed by atoms with Crippen molar-refractivity contribution in [1.29, 1.82) is 5.26 Å². The fourth-order valence-electron chi connectivity index (χ4n) is 2.81. The highest BCUT2D eigenvalue weighted by molar-refractivity contribution is 9.10. The topological polar surface area (TPSA) is 88.4 Å². The number of hydrogen-bond acceptors (Lipinski definition) is 5. The first-order valence-corrected chi connectivity index (χ1v) is 10.4.